The monoisotopic (exact) mass is 389 g/mol. The molecule has 0 fully saturated rings. The van der Waals surface area contributed by atoms with Gasteiger partial charge in [0.05, 0.1) is 17.9 Å². The third kappa shape index (κ3) is 5.15. The maximum Gasteiger partial charge on any atom is 0.417 e. The first-order valence-electron chi connectivity index (χ1n) is 7.94. The molecule has 2 aromatic rings. The lowest BCUT2D eigenvalue weighted by molar-refractivity contribution is -0.138. The number of benzene rings is 1. The Labute approximate surface area is 151 Å². The van der Waals surface area contributed by atoms with Crippen LogP contribution >= 0.6 is 0 Å². The van der Waals surface area contributed by atoms with Gasteiger partial charge in [0.1, 0.15) is 17.2 Å². The molecule has 0 bridgehead atoms. The smallest absolute Gasteiger partial charge is 0.417 e. The van der Waals surface area contributed by atoms with Gasteiger partial charge in [-0.15, -0.1) is 0 Å². The third-order valence-corrected chi connectivity index (χ3v) is 3.60. The van der Waals surface area contributed by atoms with Crippen LogP contribution in [-0.4, -0.2) is 22.7 Å². The second kappa shape index (κ2) is 7.89. The minimum atomic E-state index is -5.03. The Morgan fingerprint density at radius 2 is 1.74 bits per heavy atom. The third-order valence-electron chi connectivity index (χ3n) is 3.60. The predicted octanol–water partition coefficient (Wildman–Crippen LogP) is 5.17. The largest absolute Gasteiger partial charge is 0.477 e. The molecule has 27 heavy (non-hydrogen) atoms. The highest BCUT2D eigenvalue weighted by atomic mass is 19.4. The molecule has 4 nitrogen and oxygen atoms in total. The van der Waals surface area contributed by atoms with Gasteiger partial charge in [-0.1, -0.05) is 13.8 Å². The number of nitrogens with zero attached hydrogens (tertiary/aromatic N) is 1. The minimum absolute atomic E-state index is 0.0663. The van der Waals surface area contributed by atoms with E-state index >= 15 is 0 Å². The number of alkyl halides is 3. The number of rotatable bonds is 6. The molecule has 1 aromatic heterocycles. The van der Waals surface area contributed by atoms with E-state index in [0.29, 0.717) is 18.6 Å². The van der Waals surface area contributed by atoms with Crippen LogP contribution in [0.2, 0.25) is 0 Å². The van der Waals surface area contributed by atoms with E-state index in [0.717, 1.165) is 12.1 Å². The second-order valence-electron chi connectivity index (χ2n) is 6.23. The SMILES string of the molecule is CC(C)CCOc1nc(-c2cc(F)cc(F)c2)cc(C(F)(F)F)c1C(=O)O. The standard InChI is InChI=1S/C18H16F5NO3/c1-9(2)3-4-27-16-15(17(25)26)13(18(21,22)23)8-14(24-16)10-5-11(19)7-12(20)6-10/h5-9H,3-4H2,1-2H3,(H,25,26). The van der Waals surface area contributed by atoms with Crippen molar-refractivity contribution in [2.75, 3.05) is 6.61 Å². The molecule has 0 aliphatic heterocycles. The van der Waals surface area contributed by atoms with E-state index in [1.807, 2.05) is 13.8 Å². The molecule has 9 heteroatoms. The molecule has 1 heterocycles. The number of ether oxygens (including phenoxy) is 1. The molecular formula is C18H16F5NO3. The van der Waals surface area contributed by atoms with Crippen molar-refractivity contribution >= 4 is 5.97 Å². The lowest BCUT2D eigenvalue weighted by atomic mass is 10.0. The summed E-state index contributed by atoms with van der Waals surface area (Å²) in [6.45, 7) is 3.63. The molecule has 0 unspecified atom stereocenters. The quantitative estimate of drug-likeness (QED) is 0.693. The molecule has 0 spiro atoms. The van der Waals surface area contributed by atoms with Gasteiger partial charge in [0.15, 0.2) is 0 Å². The number of carboxylic acid groups (broad SMARTS) is 1. The second-order valence-corrected chi connectivity index (χ2v) is 6.23. The molecule has 0 saturated heterocycles. The average Bonchev–Trinajstić information content (AvgIpc) is 2.51. The van der Waals surface area contributed by atoms with Crippen LogP contribution < -0.4 is 4.74 Å². The van der Waals surface area contributed by atoms with Crippen LogP contribution in [0, 0.1) is 17.6 Å². The Kier molecular flexibility index (Phi) is 6.02. The van der Waals surface area contributed by atoms with Crippen LogP contribution in [0.25, 0.3) is 11.3 Å². The molecule has 1 aromatic carbocycles. The molecule has 146 valence electrons. The summed E-state index contributed by atoms with van der Waals surface area (Å²) in [6.07, 6.45) is -4.59. The number of hydrogen-bond donors (Lipinski definition) is 1. The summed E-state index contributed by atoms with van der Waals surface area (Å²) in [6, 6.07) is 2.58. The van der Waals surface area contributed by atoms with Crippen LogP contribution in [0.15, 0.2) is 24.3 Å². The number of aromatic carboxylic acids is 1. The molecule has 0 saturated carbocycles. The Morgan fingerprint density at radius 3 is 2.22 bits per heavy atom. The van der Waals surface area contributed by atoms with Gasteiger partial charge in [-0.3, -0.25) is 0 Å². The van der Waals surface area contributed by atoms with E-state index in [2.05, 4.69) is 4.98 Å². The van der Waals surface area contributed by atoms with E-state index in [1.54, 1.807) is 0 Å². The van der Waals surface area contributed by atoms with Gasteiger partial charge >= 0.3 is 12.1 Å². The Balaban J connectivity index is 2.66. The summed E-state index contributed by atoms with van der Waals surface area (Å²) in [5, 5.41) is 9.23. The summed E-state index contributed by atoms with van der Waals surface area (Å²) in [7, 11) is 0. The molecule has 0 atom stereocenters. The first-order valence-corrected chi connectivity index (χ1v) is 7.94. The minimum Gasteiger partial charge on any atom is -0.477 e. The zero-order chi connectivity index (χ0) is 20.4. The molecule has 1 N–H and O–H groups in total. The molecule has 0 amide bonds. The summed E-state index contributed by atoms with van der Waals surface area (Å²) in [5.74, 6) is -4.49. The number of hydrogen-bond acceptors (Lipinski definition) is 3. The summed E-state index contributed by atoms with van der Waals surface area (Å²) in [5.41, 5.74) is -3.38. The highest BCUT2D eigenvalue weighted by molar-refractivity contribution is 5.93. The Morgan fingerprint density at radius 1 is 1.15 bits per heavy atom. The number of aromatic nitrogens is 1. The van der Waals surface area contributed by atoms with Gasteiger partial charge in [0.25, 0.3) is 0 Å². The molecule has 0 aliphatic rings. The van der Waals surface area contributed by atoms with E-state index in [9.17, 15) is 31.9 Å². The lowest BCUT2D eigenvalue weighted by Gasteiger charge is -2.17. The Hall–Kier alpha value is -2.71. The molecule has 0 aliphatic carbocycles. The van der Waals surface area contributed by atoms with Gasteiger partial charge < -0.3 is 9.84 Å². The van der Waals surface area contributed by atoms with E-state index < -0.39 is 46.5 Å². The first-order chi connectivity index (χ1) is 12.5. The highest BCUT2D eigenvalue weighted by Crippen LogP contribution is 2.38. The maximum absolute atomic E-state index is 13.4. The van der Waals surface area contributed by atoms with Crippen molar-refractivity contribution in [3.8, 4) is 17.1 Å². The van der Waals surface area contributed by atoms with Crippen molar-refractivity contribution in [2.45, 2.75) is 26.4 Å². The molecule has 2 rings (SSSR count). The lowest BCUT2D eigenvalue weighted by Crippen LogP contribution is -2.17. The maximum atomic E-state index is 13.4. The van der Waals surface area contributed by atoms with Crippen LogP contribution in [0.4, 0.5) is 22.0 Å². The van der Waals surface area contributed by atoms with Gasteiger partial charge in [-0.25, -0.2) is 18.6 Å². The van der Waals surface area contributed by atoms with Crippen molar-refractivity contribution in [1.29, 1.82) is 0 Å². The first kappa shape index (κ1) is 20.6. The van der Waals surface area contributed by atoms with Gasteiger partial charge in [0, 0.05) is 11.6 Å². The van der Waals surface area contributed by atoms with Gasteiger partial charge in [-0.2, -0.15) is 13.2 Å². The number of halogens is 5. The van der Waals surface area contributed by atoms with Crippen LogP contribution in [0.1, 0.15) is 36.2 Å². The van der Waals surface area contributed by atoms with E-state index in [-0.39, 0.29) is 18.1 Å². The van der Waals surface area contributed by atoms with E-state index in [1.165, 1.54) is 0 Å². The topological polar surface area (TPSA) is 59.4 Å². The van der Waals surface area contributed by atoms with Crippen molar-refractivity contribution < 1.29 is 36.6 Å². The van der Waals surface area contributed by atoms with Crippen molar-refractivity contribution in [1.82, 2.24) is 4.98 Å². The summed E-state index contributed by atoms with van der Waals surface area (Å²) < 4.78 is 72.2. The fourth-order valence-corrected chi connectivity index (χ4v) is 2.30. The van der Waals surface area contributed by atoms with Crippen LogP contribution in [0.3, 0.4) is 0 Å². The summed E-state index contributed by atoms with van der Waals surface area (Å²) >= 11 is 0. The predicted molar refractivity (Wildman–Crippen MR) is 86.5 cm³/mol. The average molecular weight is 389 g/mol. The zero-order valence-electron chi connectivity index (χ0n) is 14.4. The van der Waals surface area contributed by atoms with Crippen molar-refractivity contribution in [3.05, 3.63) is 47.0 Å². The fraction of sp³-hybridized carbons (Fsp3) is 0.333. The van der Waals surface area contributed by atoms with Crippen molar-refractivity contribution in [2.24, 2.45) is 5.92 Å². The number of carbonyl (C=O) groups is 1. The van der Waals surface area contributed by atoms with Crippen LogP contribution in [0.5, 0.6) is 5.88 Å². The highest BCUT2D eigenvalue weighted by Gasteiger charge is 2.39. The number of pyridine rings is 1. The molecule has 0 radical (unpaired) electrons. The fourth-order valence-electron chi connectivity index (χ4n) is 2.30. The number of carboxylic acids is 1. The zero-order valence-corrected chi connectivity index (χ0v) is 14.4. The molecular weight excluding hydrogens is 373 g/mol. The van der Waals surface area contributed by atoms with Gasteiger partial charge in [-0.05, 0) is 30.5 Å². The Bertz CT molecular complexity index is 829. The van der Waals surface area contributed by atoms with E-state index in [4.69, 9.17) is 4.74 Å². The van der Waals surface area contributed by atoms with Crippen LogP contribution in [-0.2, 0) is 6.18 Å². The summed E-state index contributed by atoms with van der Waals surface area (Å²) in [4.78, 5) is 15.2. The van der Waals surface area contributed by atoms with Gasteiger partial charge in [0.2, 0.25) is 5.88 Å². The normalized spacial score (nSPS) is 11.7. The van der Waals surface area contributed by atoms with Crippen molar-refractivity contribution in [3.63, 3.8) is 0 Å².